The third-order valence-corrected chi connectivity index (χ3v) is 2.66. The van der Waals surface area contributed by atoms with Crippen LogP contribution in [0, 0.1) is 11.6 Å². The molecule has 6 heteroatoms. The van der Waals surface area contributed by atoms with Gasteiger partial charge in [-0.1, -0.05) is 0 Å². The van der Waals surface area contributed by atoms with Crippen LogP contribution in [0.4, 0.5) is 8.78 Å². The number of carbonyl (C=O) groups excluding carboxylic acids is 1. The second kappa shape index (κ2) is 4.72. The van der Waals surface area contributed by atoms with Crippen molar-refractivity contribution in [2.75, 3.05) is 6.54 Å². The topological polar surface area (TPSA) is 57.6 Å². The molecule has 1 aliphatic rings. The van der Waals surface area contributed by atoms with Crippen molar-refractivity contribution in [3.8, 4) is 0 Å². The lowest BCUT2D eigenvalue weighted by Crippen LogP contribution is -2.37. The van der Waals surface area contributed by atoms with E-state index in [9.17, 15) is 18.4 Å². The van der Waals surface area contributed by atoms with Crippen LogP contribution < -0.4 is 0 Å². The molecule has 0 aliphatic heterocycles. The van der Waals surface area contributed by atoms with E-state index in [1.54, 1.807) is 0 Å². The van der Waals surface area contributed by atoms with E-state index < -0.39 is 30.1 Å². The highest BCUT2D eigenvalue weighted by Gasteiger charge is 2.34. The summed E-state index contributed by atoms with van der Waals surface area (Å²) in [6, 6.07) is 2.33. The molecular weight excluding hydrogens is 244 g/mol. The van der Waals surface area contributed by atoms with E-state index in [2.05, 4.69) is 0 Å². The lowest BCUT2D eigenvalue weighted by atomic mass is 10.2. The first kappa shape index (κ1) is 12.5. The van der Waals surface area contributed by atoms with Gasteiger partial charge < -0.3 is 10.0 Å². The summed E-state index contributed by atoms with van der Waals surface area (Å²) >= 11 is 0. The second-order valence-corrected chi connectivity index (χ2v) is 4.22. The van der Waals surface area contributed by atoms with E-state index in [4.69, 9.17) is 5.11 Å². The maximum absolute atomic E-state index is 13.0. The van der Waals surface area contributed by atoms with E-state index in [1.165, 1.54) is 0 Å². The zero-order valence-corrected chi connectivity index (χ0v) is 9.40. The highest BCUT2D eigenvalue weighted by atomic mass is 19.1. The van der Waals surface area contributed by atoms with E-state index >= 15 is 0 Å². The molecule has 0 heterocycles. The van der Waals surface area contributed by atoms with Gasteiger partial charge in [-0.25, -0.2) is 8.78 Å². The number of carbonyl (C=O) groups is 2. The summed E-state index contributed by atoms with van der Waals surface area (Å²) in [6.07, 6.45) is 1.44. The van der Waals surface area contributed by atoms with Gasteiger partial charge >= 0.3 is 5.97 Å². The van der Waals surface area contributed by atoms with Crippen molar-refractivity contribution in [1.29, 1.82) is 0 Å². The van der Waals surface area contributed by atoms with Crippen LogP contribution in [-0.4, -0.2) is 34.5 Å². The molecule has 1 fully saturated rings. The average Bonchev–Trinajstić information content (AvgIpc) is 3.07. The van der Waals surface area contributed by atoms with Crippen LogP contribution in [0.15, 0.2) is 18.2 Å². The van der Waals surface area contributed by atoms with Crippen LogP contribution in [0.5, 0.6) is 0 Å². The van der Waals surface area contributed by atoms with E-state index in [-0.39, 0.29) is 11.6 Å². The second-order valence-electron chi connectivity index (χ2n) is 4.22. The maximum atomic E-state index is 13.0. The Morgan fingerprint density at radius 2 is 1.78 bits per heavy atom. The summed E-state index contributed by atoms with van der Waals surface area (Å²) in [4.78, 5) is 23.8. The number of aliphatic carboxylic acids is 1. The maximum Gasteiger partial charge on any atom is 0.323 e. The number of hydrogen-bond donors (Lipinski definition) is 1. The summed E-state index contributed by atoms with van der Waals surface area (Å²) in [5.41, 5.74) is -0.166. The molecule has 0 bridgehead atoms. The van der Waals surface area contributed by atoms with Crippen molar-refractivity contribution in [2.24, 2.45) is 0 Å². The van der Waals surface area contributed by atoms with Gasteiger partial charge in [0.05, 0.1) is 0 Å². The van der Waals surface area contributed by atoms with Gasteiger partial charge in [0.2, 0.25) is 0 Å². The zero-order chi connectivity index (χ0) is 13.3. The summed E-state index contributed by atoms with van der Waals surface area (Å²) in [6.45, 7) is -0.457. The van der Waals surface area contributed by atoms with E-state index in [1.807, 2.05) is 0 Å². The molecule has 2 rings (SSSR count). The summed E-state index contributed by atoms with van der Waals surface area (Å²) < 4.78 is 26.0. The van der Waals surface area contributed by atoms with Crippen LogP contribution in [0.3, 0.4) is 0 Å². The molecular formula is C12H11F2NO3. The Hall–Kier alpha value is -1.98. The fourth-order valence-electron chi connectivity index (χ4n) is 1.74. The molecule has 1 aromatic carbocycles. The van der Waals surface area contributed by atoms with Gasteiger partial charge in [0, 0.05) is 17.7 Å². The molecule has 1 aromatic rings. The van der Waals surface area contributed by atoms with E-state index in [0.29, 0.717) is 6.07 Å². The molecule has 0 radical (unpaired) electrons. The molecule has 1 aliphatic carbocycles. The van der Waals surface area contributed by atoms with Gasteiger partial charge in [-0.05, 0) is 25.0 Å². The van der Waals surface area contributed by atoms with Crippen LogP contribution in [0.2, 0.25) is 0 Å². The van der Waals surface area contributed by atoms with Crippen LogP contribution in [0.1, 0.15) is 23.2 Å². The Morgan fingerprint density at radius 3 is 2.22 bits per heavy atom. The molecule has 1 amide bonds. The lowest BCUT2D eigenvalue weighted by molar-refractivity contribution is -0.137. The molecule has 1 N–H and O–H groups in total. The number of amides is 1. The van der Waals surface area contributed by atoms with Gasteiger partial charge in [-0.3, -0.25) is 9.59 Å². The molecule has 18 heavy (non-hydrogen) atoms. The van der Waals surface area contributed by atoms with E-state index in [0.717, 1.165) is 29.9 Å². The molecule has 0 unspecified atom stereocenters. The van der Waals surface area contributed by atoms with Crippen molar-refractivity contribution in [1.82, 2.24) is 4.90 Å². The number of benzene rings is 1. The Balaban J connectivity index is 2.24. The highest BCUT2D eigenvalue weighted by Crippen LogP contribution is 2.28. The zero-order valence-electron chi connectivity index (χ0n) is 9.40. The highest BCUT2D eigenvalue weighted by molar-refractivity contribution is 5.96. The van der Waals surface area contributed by atoms with Crippen LogP contribution in [-0.2, 0) is 4.79 Å². The molecule has 0 aromatic heterocycles. The largest absolute Gasteiger partial charge is 0.480 e. The molecule has 0 atom stereocenters. The lowest BCUT2D eigenvalue weighted by Gasteiger charge is -2.20. The Morgan fingerprint density at radius 1 is 1.22 bits per heavy atom. The molecule has 0 saturated heterocycles. The van der Waals surface area contributed by atoms with Crippen LogP contribution in [0.25, 0.3) is 0 Å². The third-order valence-electron chi connectivity index (χ3n) is 2.66. The Bertz CT molecular complexity index is 480. The number of carboxylic acid groups (broad SMARTS) is 1. The Kier molecular flexibility index (Phi) is 3.27. The Labute approximate surface area is 102 Å². The van der Waals surface area contributed by atoms with Gasteiger partial charge in [-0.2, -0.15) is 0 Å². The summed E-state index contributed by atoms with van der Waals surface area (Å²) in [5, 5.41) is 8.72. The minimum atomic E-state index is -1.15. The van der Waals surface area contributed by atoms with Crippen molar-refractivity contribution < 1.29 is 23.5 Å². The minimum Gasteiger partial charge on any atom is -0.480 e. The first-order chi connectivity index (χ1) is 8.47. The quantitative estimate of drug-likeness (QED) is 0.890. The minimum absolute atomic E-state index is 0.139. The van der Waals surface area contributed by atoms with Gasteiger partial charge in [0.25, 0.3) is 5.91 Å². The number of carboxylic acids is 1. The smallest absolute Gasteiger partial charge is 0.323 e. The predicted molar refractivity (Wildman–Crippen MR) is 58.1 cm³/mol. The van der Waals surface area contributed by atoms with Gasteiger partial charge in [0.1, 0.15) is 18.2 Å². The van der Waals surface area contributed by atoms with Crippen molar-refractivity contribution in [3.63, 3.8) is 0 Å². The number of halogens is 2. The third kappa shape index (κ3) is 2.82. The number of nitrogens with zero attached hydrogens (tertiary/aromatic N) is 1. The first-order valence-corrected chi connectivity index (χ1v) is 5.46. The molecule has 1 saturated carbocycles. The molecule has 4 nitrogen and oxygen atoms in total. The standard InChI is InChI=1S/C12H11F2NO3/c13-8-3-7(4-9(14)5-8)12(18)15(6-11(16)17)10-1-2-10/h3-5,10H,1-2,6H2,(H,16,17). The first-order valence-electron chi connectivity index (χ1n) is 5.46. The summed E-state index contributed by atoms with van der Waals surface area (Å²) in [7, 11) is 0. The summed E-state index contributed by atoms with van der Waals surface area (Å²) in [5.74, 6) is -3.51. The average molecular weight is 255 g/mol. The SMILES string of the molecule is O=C(O)CN(C(=O)c1cc(F)cc(F)c1)C1CC1. The van der Waals surface area contributed by atoms with Crippen molar-refractivity contribution in [3.05, 3.63) is 35.4 Å². The number of hydrogen-bond acceptors (Lipinski definition) is 2. The fourth-order valence-corrected chi connectivity index (χ4v) is 1.74. The van der Waals surface area contributed by atoms with Gasteiger partial charge in [-0.15, -0.1) is 0 Å². The fraction of sp³-hybridized carbons (Fsp3) is 0.333. The predicted octanol–water partition coefficient (Wildman–Crippen LogP) is 1.65. The molecule has 96 valence electrons. The van der Waals surface area contributed by atoms with Crippen molar-refractivity contribution >= 4 is 11.9 Å². The monoisotopic (exact) mass is 255 g/mol. The van der Waals surface area contributed by atoms with Gasteiger partial charge in [0.15, 0.2) is 0 Å². The number of rotatable bonds is 4. The van der Waals surface area contributed by atoms with Crippen molar-refractivity contribution in [2.45, 2.75) is 18.9 Å². The molecule has 0 spiro atoms. The van der Waals surface area contributed by atoms with Crippen LogP contribution >= 0.6 is 0 Å². The normalized spacial score (nSPS) is 14.3.